The molecule has 5 nitrogen and oxygen atoms in total. The Bertz CT molecular complexity index is 664. The summed E-state index contributed by atoms with van der Waals surface area (Å²) in [5.74, 6) is 0.688. The zero-order chi connectivity index (χ0) is 15.4. The number of hydrogen-bond acceptors (Lipinski definition) is 4. The predicted molar refractivity (Wildman–Crippen MR) is 84.9 cm³/mol. The molecule has 5 heteroatoms. The third kappa shape index (κ3) is 3.04. The highest BCUT2D eigenvalue weighted by molar-refractivity contribution is 6.04. The molecule has 0 fully saturated rings. The van der Waals surface area contributed by atoms with Crippen molar-refractivity contribution in [3.63, 3.8) is 0 Å². The van der Waals surface area contributed by atoms with E-state index in [-0.39, 0.29) is 5.91 Å². The van der Waals surface area contributed by atoms with Crippen molar-refractivity contribution in [2.24, 2.45) is 0 Å². The van der Waals surface area contributed by atoms with E-state index < -0.39 is 0 Å². The van der Waals surface area contributed by atoms with Crippen LogP contribution in [-0.4, -0.2) is 17.6 Å². The molecule has 116 valence electrons. The highest BCUT2D eigenvalue weighted by Crippen LogP contribution is 2.25. The van der Waals surface area contributed by atoms with E-state index in [4.69, 9.17) is 4.52 Å². The van der Waals surface area contributed by atoms with Crippen LogP contribution in [-0.2, 0) is 19.4 Å². The predicted octanol–water partition coefficient (Wildman–Crippen LogP) is 2.92. The summed E-state index contributed by atoms with van der Waals surface area (Å²) in [6.07, 6.45) is 3.95. The van der Waals surface area contributed by atoms with Crippen LogP contribution in [0.15, 0.2) is 28.8 Å². The third-order valence-electron chi connectivity index (χ3n) is 4.00. The molecular weight excluding hydrogens is 278 g/mol. The van der Waals surface area contributed by atoms with E-state index in [9.17, 15) is 4.79 Å². The minimum absolute atomic E-state index is 0.184. The molecule has 1 aliphatic carbocycles. The van der Waals surface area contributed by atoms with Gasteiger partial charge < -0.3 is 15.2 Å². The maximum Gasteiger partial charge on any atom is 0.278 e. The number of fused-ring (bicyclic) bond motifs is 1. The molecule has 1 aliphatic rings. The average Bonchev–Trinajstić information content (AvgIpc) is 2.98. The first-order valence-electron chi connectivity index (χ1n) is 7.87. The van der Waals surface area contributed by atoms with Gasteiger partial charge in [-0.15, -0.1) is 0 Å². The molecule has 22 heavy (non-hydrogen) atoms. The molecule has 0 saturated carbocycles. The van der Waals surface area contributed by atoms with Gasteiger partial charge in [0, 0.05) is 24.2 Å². The molecule has 2 N–H and O–H groups in total. The maximum atomic E-state index is 12.5. The monoisotopic (exact) mass is 299 g/mol. The molecule has 0 saturated heterocycles. The van der Waals surface area contributed by atoms with Gasteiger partial charge in [0.15, 0.2) is 5.69 Å². The Morgan fingerprint density at radius 2 is 2.09 bits per heavy atom. The van der Waals surface area contributed by atoms with Crippen molar-refractivity contribution in [3.05, 3.63) is 46.8 Å². The highest BCUT2D eigenvalue weighted by Gasteiger charge is 2.24. The first-order valence-corrected chi connectivity index (χ1v) is 7.87. The standard InChI is InChI=1S/C17H21N3O2/c1-2-18-11-12-7-3-5-9-14(12)19-17(21)16-13-8-4-6-10-15(13)22-20-16/h3,5,7,9,18H,2,4,6,8,10-11H2,1H3,(H,19,21). The largest absolute Gasteiger partial charge is 0.360 e. The molecule has 0 atom stereocenters. The number of aryl methyl sites for hydroxylation is 1. The number of carbonyl (C=O) groups excluding carboxylic acids is 1. The second-order valence-corrected chi connectivity index (χ2v) is 5.53. The van der Waals surface area contributed by atoms with Crippen LogP contribution in [0.2, 0.25) is 0 Å². The third-order valence-corrected chi connectivity index (χ3v) is 4.00. The summed E-state index contributed by atoms with van der Waals surface area (Å²) in [7, 11) is 0. The summed E-state index contributed by atoms with van der Waals surface area (Å²) in [5, 5.41) is 10.2. The Kier molecular flexibility index (Phi) is 4.53. The van der Waals surface area contributed by atoms with Crippen molar-refractivity contribution in [1.82, 2.24) is 10.5 Å². The van der Waals surface area contributed by atoms with E-state index in [1.165, 1.54) is 0 Å². The molecule has 0 spiro atoms. The van der Waals surface area contributed by atoms with Crippen LogP contribution < -0.4 is 10.6 Å². The van der Waals surface area contributed by atoms with Gasteiger partial charge in [-0.05, 0) is 37.4 Å². The molecule has 0 unspecified atom stereocenters. The number of hydrogen-bond donors (Lipinski definition) is 2. The number of carbonyl (C=O) groups is 1. The van der Waals surface area contributed by atoms with E-state index in [1.54, 1.807) is 0 Å². The van der Waals surface area contributed by atoms with Gasteiger partial charge in [0.1, 0.15) is 5.76 Å². The second kappa shape index (κ2) is 6.75. The molecule has 1 amide bonds. The maximum absolute atomic E-state index is 12.5. The van der Waals surface area contributed by atoms with Crippen LogP contribution in [0.5, 0.6) is 0 Å². The van der Waals surface area contributed by atoms with Crippen molar-refractivity contribution in [2.75, 3.05) is 11.9 Å². The lowest BCUT2D eigenvalue weighted by Crippen LogP contribution is -2.18. The Labute approximate surface area is 130 Å². The second-order valence-electron chi connectivity index (χ2n) is 5.53. The molecule has 1 aromatic heterocycles. The van der Waals surface area contributed by atoms with Crippen molar-refractivity contribution >= 4 is 11.6 Å². The summed E-state index contributed by atoms with van der Waals surface area (Å²) >= 11 is 0. The number of aromatic nitrogens is 1. The first-order chi connectivity index (χ1) is 10.8. The van der Waals surface area contributed by atoms with Gasteiger partial charge in [0.25, 0.3) is 5.91 Å². The summed E-state index contributed by atoms with van der Waals surface area (Å²) in [6, 6.07) is 7.82. The topological polar surface area (TPSA) is 67.2 Å². The van der Waals surface area contributed by atoms with Crippen LogP contribution in [0.25, 0.3) is 0 Å². The fourth-order valence-electron chi connectivity index (χ4n) is 2.80. The molecule has 0 aliphatic heterocycles. The van der Waals surface area contributed by atoms with Crippen LogP contribution in [0.3, 0.4) is 0 Å². The SMILES string of the molecule is CCNCc1ccccc1NC(=O)c1noc2c1CCCC2. The Morgan fingerprint density at radius 3 is 2.95 bits per heavy atom. The fourth-order valence-corrected chi connectivity index (χ4v) is 2.80. The zero-order valence-electron chi connectivity index (χ0n) is 12.8. The molecule has 2 aromatic rings. The van der Waals surface area contributed by atoms with Gasteiger partial charge in [-0.2, -0.15) is 0 Å². The van der Waals surface area contributed by atoms with Gasteiger partial charge in [-0.3, -0.25) is 4.79 Å². The van der Waals surface area contributed by atoms with Crippen LogP contribution in [0.1, 0.15) is 47.1 Å². The fraction of sp³-hybridized carbons (Fsp3) is 0.412. The van der Waals surface area contributed by atoms with Gasteiger partial charge in [0.05, 0.1) is 0 Å². The lowest BCUT2D eigenvalue weighted by atomic mass is 9.96. The van der Waals surface area contributed by atoms with Crippen molar-refractivity contribution in [2.45, 2.75) is 39.2 Å². The number of benzene rings is 1. The summed E-state index contributed by atoms with van der Waals surface area (Å²) < 4.78 is 5.32. The van der Waals surface area contributed by atoms with Crippen LogP contribution in [0, 0.1) is 0 Å². The normalized spacial score (nSPS) is 13.7. The lowest BCUT2D eigenvalue weighted by molar-refractivity contribution is 0.101. The number of amides is 1. The Balaban J connectivity index is 1.78. The van der Waals surface area contributed by atoms with Gasteiger partial charge in [-0.25, -0.2) is 0 Å². The van der Waals surface area contributed by atoms with Gasteiger partial charge in [-0.1, -0.05) is 30.3 Å². The van der Waals surface area contributed by atoms with Gasteiger partial charge >= 0.3 is 0 Å². The number of nitrogens with one attached hydrogen (secondary N) is 2. The highest BCUT2D eigenvalue weighted by atomic mass is 16.5. The van der Waals surface area contributed by atoms with E-state index in [2.05, 4.69) is 22.7 Å². The lowest BCUT2D eigenvalue weighted by Gasteiger charge is -2.12. The smallest absolute Gasteiger partial charge is 0.278 e. The summed E-state index contributed by atoms with van der Waals surface area (Å²) in [5.41, 5.74) is 3.30. The minimum Gasteiger partial charge on any atom is -0.360 e. The number of anilines is 1. The van der Waals surface area contributed by atoms with E-state index in [1.807, 2.05) is 24.3 Å². The number of para-hydroxylation sites is 1. The average molecular weight is 299 g/mol. The van der Waals surface area contributed by atoms with Crippen molar-refractivity contribution in [3.8, 4) is 0 Å². The molecule has 1 heterocycles. The van der Waals surface area contributed by atoms with Crippen LogP contribution in [0.4, 0.5) is 5.69 Å². The Hall–Kier alpha value is -2.14. The number of rotatable bonds is 5. The first kappa shape index (κ1) is 14.8. The van der Waals surface area contributed by atoms with Crippen LogP contribution >= 0.6 is 0 Å². The minimum atomic E-state index is -0.184. The molecular formula is C17H21N3O2. The van der Waals surface area contributed by atoms with E-state index in [0.29, 0.717) is 5.69 Å². The summed E-state index contributed by atoms with van der Waals surface area (Å²) in [4.78, 5) is 12.5. The number of nitrogens with zero attached hydrogens (tertiary/aromatic N) is 1. The molecule has 1 aromatic carbocycles. The molecule has 3 rings (SSSR count). The van der Waals surface area contributed by atoms with Crippen molar-refractivity contribution in [1.29, 1.82) is 0 Å². The van der Waals surface area contributed by atoms with E-state index >= 15 is 0 Å². The molecule has 0 radical (unpaired) electrons. The van der Waals surface area contributed by atoms with Gasteiger partial charge in [0.2, 0.25) is 0 Å². The molecule has 0 bridgehead atoms. The quantitative estimate of drug-likeness (QED) is 0.891. The Morgan fingerprint density at radius 1 is 1.27 bits per heavy atom. The zero-order valence-corrected chi connectivity index (χ0v) is 12.8. The van der Waals surface area contributed by atoms with E-state index in [0.717, 1.165) is 61.3 Å². The van der Waals surface area contributed by atoms with Crippen molar-refractivity contribution < 1.29 is 9.32 Å². The summed E-state index contributed by atoms with van der Waals surface area (Å²) in [6.45, 7) is 3.67.